The maximum atomic E-state index is 12.2. The van der Waals surface area contributed by atoms with Crippen LogP contribution >= 0.6 is 23.5 Å². The van der Waals surface area contributed by atoms with Crippen molar-refractivity contribution in [1.82, 2.24) is 0 Å². The van der Waals surface area contributed by atoms with Crippen LogP contribution in [0.1, 0.15) is 30.9 Å². The minimum absolute atomic E-state index is 0.00784. The molecule has 1 heterocycles. The minimum atomic E-state index is 0.00784. The van der Waals surface area contributed by atoms with E-state index in [9.17, 15) is 4.79 Å². The number of aryl methyl sites for hydroxylation is 1. The highest BCUT2D eigenvalue weighted by Crippen LogP contribution is 2.34. The maximum absolute atomic E-state index is 12.2. The standard InChI is InChI=1S/C20H22N2OS2/c1-2-3-6-15-9-11-17(12-10-15)21-19(23)14-25-20-22-18-8-5-4-7-16(18)13-24-20/h4-5,7-12H,2-3,6,13-14H2,1H3,(H,21,23). The first-order chi connectivity index (χ1) is 12.2. The highest BCUT2D eigenvalue weighted by molar-refractivity contribution is 8.38. The van der Waals surface area contributed by atoms with Gasteiger partial charge in [0, 0.05) is 11.4 Å². The second-order valence-electron chi connectivity index (χ2n) is 5.93. The van der Waals surface area contributed by atoms with Crippen LogP contribution in [0.15, 0.2) is 53.5 Å². The Morgan fingerprint density at radius 2 is 2.00 bits per heavy atom. The number of carbonyl (C=O) groups excluding carboxylic acids is 1. The molecular formula is C20H22N2OS2. The largest absolute Gasteiger partial charge is 0.325 e. The molecule has 0 aromatic heterocycles. The number of benzene rings is 2. The van der Waals surface area contributed by atoms with E-state index in [1.807, 2.05) is 30.3 Å². The van der Waals surface area contributed by atoms with Gasteiger partial charge in [-0.05, 0) is 42.2 Å². The van der Waals surface area contributed by atoms with Crippen molar-refractivity contribution in [2.45, 2.75) is 31.9 Å². The molecule has 1 aliphatic heterocycles. The summed E-state index contributed by atoms with van der Waals surface area (Å²) in [7, 11) is 0. The van der Waals surface area contributed by atoms with Gasteiger partial charge in [-0.3, -0.25) is 4.79 Å². The quantitative estimate of drug-likeness (QED) is 0.716. The molecule has 3 nitrogen and oxygen atoms in total. The van der Waals surface area contributed by atoms with Crippen LogP contribution < -0.4 is 5.32 Å². The molecule has 3 rings (SSSR count). The van der Waals surface area contributed by atoms with E-state index < -0.39 is 0 Å². The average molecular weight is 371 g/mol. The van der Waals surface area contributed by atoms with Crippen LogP contribution in [0, 0.1) is 0 Å². The summed E-state index contributed by atoms with van der Waals surface area (Å²) < 4.78 is 0.962. The lowest BCUT2D eigenvalue weighted by Gasteiger charge is -2.14. The Balaban J connectivity index is 1.49. The van der Waals surface area contributed by atoms with Gasteiger partial charge in [0.25, 0.3) is 0 Å². The van der Waals surface area contributed by atoms with Crippen LogP contribution in [-0.2, 0) is 17.0 Å². The third kappa shape index (κ3) is 5.38. The zero-order chi connectivity index (χ0) is 17.5. The van der Waals surface area contributed by atoms with Gasteiger partial charge in [-0.2, -0.15) is 0 Å². The summed E-state index contributed by atoms with van der Waals surface area (Å²) >= 11 is 3.20. The van der Waals surface area contributed by atoms with Crippen molar-refractivity contribution in [3.8, 4) is 0 Å². The van der Waals surface area contributed by atoms with E-state index in [4.69, 9.17) is 0 Å². The summed E-state index contributed by atoms with van der Waals surface area (Å²) in [6.07, 6.45) is 3.49. The molecule has 2 aromatic rings. The van der Waals surface area contributed by atoms with E-state index >= 15 is 0 Å². The highest BCUT2D eigenvalue weighted by Gasteiger charge is 2.14. The molecule has 1 aliphatic rings. The van der Waals surface area contributed by atoms with Gasteiger partial charge in [0.2, 0.25) is 5.91 Å². The number of aliphatic imine (C=N–C) groups is 1. The number of amides is 1. The average Bonchev–Trinajstić information content (AvgIpc) is 2.65. The summed E-state index contributed by atoms with van der Waals surface area (Å²) in [6.45, 7) is 2.19. The number of nitrogens with one attached hydrogen (secondary N) is 1. The molecule has 0 aliphatic carbocycles. The van der Waals surface area contributed by atoms with Crippen molar-refractivity contribution >= 4 is 45.2 Å². The number of carbonyl (C=O) groups is 1. The van der Waals surface area contributed by atoms with E-state index in [0.717, 1.165) is 27.9 Å². The fourth-order valence-corrected chi connectivity index (χ4v) is 4.41. The molecule has 130 valence electrons. The van der Waals surface area contributed by atoms with Crippen LogP contribution in [0.5, 0.6) is 0 Å². The number of unbranched alkanes of at least 4 members (excludes halogenated alkanes) is 1. The zero-order valence-electron chi connectivity index (χ0n) is 14.3. The van der Waals surface area contributed by atoms with Crippen LogP contribution in [0.3, 0.4) is 0 Å². The predicted molar refractivity (Wildman–Crippen MR) is 111 cm³/mol. The molecule has 0 radical (unpaired) electrons. The topological polar surface area (TPSA) is 41.5 Å². The van der Waals surface area contributed by atoms with Crippen LogP contribution in [0.4, 0.5) is 11.4 Å². The molecule has 0 saturated carbocycles. The van der Waals surface area contributed by atoms with E-state index in [2.05, 4.69) is 35.4 Å². The molecule has 1 N–H and O–H groups in total. The molecule has 0 fully saturated rings. The van der Waals surface area contributed by atoms with Crippen molar-refractivity contribution in [2.24, 2.45) is 4.99 Å². The Labute approximate surface area is 157 Å². The third-order valence-electron chi connectivity index (χ3n) is 3.94. The molecule has 0 atom stereocenters. The molecule has 0 unspecified atom stereocenters. The number of hydrogen-bond acceptors (Lipinski definition) is 4. The van der Waals surface area contributed by atoms with Crippen molar-refractivity contribution in [3.05, 3.63) is 59.7 Å². The Bertz CT molecular complexity index is 757. The SMILES string of the molecule is CCCCc1ccc(NC(=O)CSC2=Nc3ccccc3CS2)cc1. The van der Waals surface area contributed by atoms with Crippen molar-refractivity contribution < 1.29 is 4.79 Å². The molecule has 0 spiro atoms. The second kappa shape index (κ2) is 9.11. The number of anilines is 1. The number of para-hydroxylation sites is 1. The molecule has 1 amide bonds. The Morgan fingerprint density at radius 3 is 2.80 bits per heavy atom. The molecule has 25 heavy (non-hydrogen) atoms. The minimum Gasteiger partial charge on any atom is -0.325 e. The number of hydrogen-bond donors (Lipinski definition) is 1. The first-order valence-corrected chi connectivity index (χ1v) is 10.5. The van der Waals surface area contributed by atoms with Crippen molar-refractivity contribution in [2.75, 3.05) is 11.1 Å². The predicted octanol–water partition coefficient (Wildman–Crippen LogP) is 5.64. The van der Waals surface area contributed by atoms with Crippen molar-refractivity contribution in [1.29, 1.82) is 0 Å². The highest BCUT2D eigenvalue weighted by atomic mass is 32.2. The smallest absolute Gasteiger partial charge is 0.234 e. The van der Waals surface area contributed by atoms with Gasteiger partial charge in [-0.25, -0.2) is 4.99 Å². The number of nitrogens with zero attached hydrogens (tertiary/aromatic N) is 1. The summed E-state index contributed by atoms with van der Waals surface area (Å²) in [4.78, 5) is 16.8. The van der Waals surface area contributed by atoms with E-state index in [0.29, 0.717) is 5.75 Å². The van der Waals surface area contributed by atoms with Crippen LogP contribution in [0.25, 0.3) is 0 Å². The van der Waals surface area contributed by atoms with Gasteiger partial charge in [0.15, 0.2) is 0 Å². The lowest BCUT2D eigenvalue weighted by atomic mass is 10.1. The normalized spacial score (nSPS) is 13.1. The van der Waals surface area contributed by atoms with Crippen LogP contribution in [-0.4, -0.2) is 16.0 Å². The number of fused-ring (bicyclic) bond motifs is 1. The third-order valence-corrected chi connectivity index (χ3v) is 6.18. The summed E-state index contributed by atoms with van der Waals surface area (Å²) in [5, 5.41) is 2.96. The Kier molecular flexibility index (Phi) is 6.59. The summed E-state index contributed by atoms with van der Waals surface area (Å²) in [5.41, 5.74) is 4.45. The second-order valence-corrected chi connectivity index (χ2v) is 8.12. The van der Waals surface area contributed by atoms with Gasteiger partial charge >= 0.3 is 0 Å². The maximum Gasteiger partial charge on any atom is 0.234 e. The molecule has 0 bridgehead atoms. The fourth-order valence-electron chi connectivity index (χ4n) is 2.55. The lowest BCUT2D eigenvalue weighted by Crippen LogP contribution is -2.15. The van der Waals surface area contributed by atoms with Gasteiger partial charge in [-0.15, -0.1) is 0 Å². The van der Waals surface area contributed by atoms with Gasteiger partial charge in [0.05, 0.1) is 11.4 Å². The first kappa shape index (κ1) is 18.1. The monoisotopic (exact) mass is 370 g/mol. The summed E-state index contributed by atoms with van der Waals surface area (Å²) in [6, 6.07) is 16.3. The van der Waals surface area contributed by atoms with E-state index in [-0.39, 0.29) is 5.91 Å². The Hall–Kier alpha value is -1.72. The van der Waals surface area contributed by atoms with Gasteiger partial charge in [-0.1, -0.05) is 67.2 Å². The first-order valence-electron chi connectivity index (χ1n) is 8.55. The molecular weight excluding hydrogens is 348 g/mol. The number of rotatable bonds is 6. The van der Waals surface area contributed by atoms with Crippen molar-refractivity contribution in [3.63, 3.8) is 0 Å². The molecule has 2 aromatic carbocycles. The van der Waals surface area contributed by atoms with E-state index in [1.54, 1.807) is 11.8 Å². The van der Waals surface area contributed by atoms with E-state index in [1.165, 1.54) is 35.7 Å². The zero-order valence-corrected chi connectivity index (χ0v) is 16.0. The van der Waals surface area contributed by atoms with Gasteiger partial charge in [0.1, 0.15) is 4.38 Å². The fraction of sp³-hybridized carbons (Fsp3) is 0.300. The molecule has 0 saturated heterocycles. The summed E-state index contributed by atoms with van der Waals surface area (Å²) in [5.74, 6) is 1.31. The van der Waals surface area contributed by atoms with Gasteiger partial charge < -0.3 is 5.32 Å². The van der Waals surface area contributed by atoms with Crippen LogP contribution in [0.2, 0.25) is 0 Å². The lowest BCUT2D eigenvalue weighted by molar-refractivity contribution is -0.113. The molecule has 5 heteroatoms. The Morgan fingerprint density at radius 1 is 1.20 bits per heavy atom. The number of thioether (sulfide) groups is 2.